The normalized spacial score (nSPS) is 18.1. The molecule has 2 aromatic carbocycles. The number of benzene rings is 2. The maximum Gasteiger partial charge on any atom is 0.233 e. The van der Waals surface area contributed by atoms with Crippen molar-refractivity contribution in [2.75, 3.05) is 12.3 Å². The quantitative estimate of drug-likeness (QED) is 0.531. The molecule has 1 amide bonds. The molecule has 1 unspecified atom stereocenters. The number of hydrogen-bond acceptors (Lipinski definition) is 4. The molecule has 1 fully saturated rings. The monoisotopic (exact) mass is 436 g/mol. The molecule has 1 atom stereocenters. The van der Waals surface area contributed by atoms with E-state index in [0.717, 1.165) is 41.4 Å². The van der Waals surface area contributed by atoms with Gasteiger partial charge in [-0.05, 0) is 55.0 Å². The molecule has 5 nitrogen and oxygen atoms in total. The standard InChI is InChI=1S/C24H25FN4OS/c1-16-21-13-20(25)10-9-18(21)11-12-28(16)22(30)15-31-24-27-26-23(19-7-8-19)29(24)14-17-5-3-2-4-6-17/h2-6,9-10,13,16,19H,7-8,11-12,14-15H2,1H3. The van der Waals surface area contributed by atoms with Crippen molar-refractivity contribution in [1.29, 1.82) is 0 Å². The molecule has 2 aliphatic rings. The number of carbonyl (C=O) groups excluding carboxylic acids is 1. The SMILES string of the molecule is CC1c2cc(F)ccc2CCN1C(=O)CSc1nnc(C2CC2)n1Cc1ccccc1. The Labute approximate surface area is 185 Å². The molecule has 3 aromatic rings. The van der Waals surface area contributed by atoms with Gasteiger partial charge in [0.2, 0.25) is 5.91 Å². The molecule has 0 bridgehead atoms. The largest absolute Gasteiger partial charge is 0.335 e. The zero-order valence-electron chi connectivity index (χ0n) is 17.5. The van der Waals surface area contributed by atoms with Crippen LogP contribution in [0.25, 0.3) is 0 Å². The minimum absolute atomic E-state index is 0.0506. The zero-order valence-corrected chi connectivity index (χ0v) is 18.3. The molecule has 0 spiro atoms. The summed E-state index contributed by atoms with van der Waals surface area (Å²) in [5.41, 5.74) is 3.23. The third kappa shape index (κ3) is 4.24. The van der Waals surface area contributed by atoms with Crippen LogP contribution < -0.4 is 0 Å². The van der Waals surface area contributed by atoms with Gasteiger partial charge in [0.25, 0.3) is 0 Å². The van der Waals surface area contributed by atoms with Crippen molar-refractivity contribution in [2.24, 2.45) is 0 Å². The minimum atomic E-state index is -0.254. The lowest BCUT2D eigenvalue weighted by Gasteiger charge is -2.35. The lowest BCUT2D eigenvalue weighted by Crippen LogP contribution is -2.40. The van der Waals surface area contributed by atoms with Crippen LogP contribution in [-0.2, 0) is 17.8 Å². The fourth-order valence-corrected chi connectivity index (χ4v) is 5.13. The molecule has 1 aromatic heterocycles. The second-order valence-electron chi connectivity index (χ2n) is 8.33. The first kappa shape index (κ1) is 20.2. The molecule has 2 heterocycles. The molecule has 5 rings (SSSR count). The highest BCUT2D eigenvalue weighted by Crippen LogP contribution is 2.40. The predicted molar refractivity (Wildman–Crippen MR) is 118 cm³/mol. The van der Waals surface area contributed by atoms with E-state index in [0.29, 0.717) is 24.8 Å². The summed E-state index contributed by atoms with van der Waals surface area (Å²) in [4.78, 5) is 14.9. The van der Waals surface area contributed by atoms with E-state index in [2.05, 4.69) is 26.9 Å². The van der Waals surface area contributed by atoms with Crippen LogP contribution >= 0.6 is 11.8 Å². The first-order chi connectivity index (χ1) is 15.1. The molecular weight excluding hydrogens is 411 g/mol. The molecule has 1 aliphatic carbocycles. The summed E-state index contributed by atoms with van der Waals surface area (Å²) in [6.45, 7) is 3.34. The molecule has 7 heteroatoms. The van der Waals surface area contributed by atoms with Crippen molar-refractivity contribution in [2.45, 2.75) is 49.8 Å². The van der Waals surface area contributed by atoms with E-state index in [4.69, 9.17) is 0 Å². The molecule has 0 saturated heterocycles. The van der Waals surface area contributed by atoms with Gasteiger partial charge < -0.3 is 9.47 Å². The van der Waals surface area contributed by atoms with Crippen molar-refractivity contribution >= 4 is 17.7 Å². The van der Waals surface area contributed by atoms with Crippen molar-refractivity contribution in [3.8, 4) is 0 Å². The van der Waals surface area contributed by atoms with Gasteiger partial charge in [-0.15, -0.1) is 10.2 Å². The molecule has 0 N–H and O–H groups in total. The van der Waals surface area contributed by atoms with Crippen LogP contribution in [0.2, 0.25) is 0 Å². The van der Waals surface area contributed by atoms with Crippen LogP contribution in [0.15, 0.2) is 53.7 Å². The average molecular weight is 437 g/mol. The van der Waals surface area contributed by atoms with E-state index >= 15 is 0 Å². The first-order valence-electron chi connectivity index (χ1n) is 10.8. The van der Waals surface area contributed by atoms with Crippen molar-refractivity contribution in [3.63, 3.8) is 0 Å². The fourth-order valence-electron chi connectivity index (χ4n) is 4.30. The van der Waals surface area contributed by atoms with Gasteiger partial charge in [-0.25, -0.2) is 4.39 Å². The summed E-state index contributed by atoms with van der Waals surface area (Å²) in [7, 11) is 0. The number of hydrogen-bond donors (Lipinski definition) is 0. The van der Waals surface area contributed by atoms with Crippen molar-refractivity contribution in [1.82, 2.24) is 19.7 Å². The van der Waals surface area contributed by atoms with E-state index in [1.54, 1.807) is 6.07 Å². The van der Waals surface area contributed by atoms with E-state index in [-0.39, 0.29) is 17.8 Å². The van der Waals surface area contributed by atoms with Gasteiger partial charge >= 0.3 is 0 Å². The number of aromatic nitrogens is 3. The Morgan fingerprint density at radius 3 is 2.74 bits per heavy atom. The van der Waals surface area contributed by atoms with Crippen LogP contribution in [-0.4, -0.2) is 37.9 Å². The van der Waals surface area contributed by atoms with E-state index in [1.807, 2.05) is 36.1 Å². The highest BCUT2D eigenvalue weighted by molar-refractivity contribution is 7.99. The molecule has 1 aliphatic heterocycles. The van der Waals surface area contributed by atoms with Gasteiger partial charge in [-0.3, -0.25) is 4.79 Å². The number of amides is 1. The molecular formula is C24H25FN4OS. The predicted octanol–water partition coefficient (Wildman–Crippen LogP) is 4.58. The second-order valence-corrected chi connectivity index (χ2v) is 9.27. The number of rotatable bonds is 6. The van der Waals surface area contributed by atoms with Crippen molar-refractivity contribution in [3.05, 3.63) is 76.9 Å². The van der Waals surface area contributed by atoms with Gasteiger partial charge in [-0.1, -0.05) is 48.2 Å². The van der Waals surface area contributed by atoms with Crippen LogP contribution in [0.1, 0.15) is 54.2 Å². The minimum Gasteiger partial charge on any atom is -0.335 e. The van der Waals surface area contributed by atoms with Gasteiger partial charge in [0.1, 0.15) is 11.6 Å². The Balaban J connectivity index is 1.30. The van der Waals surface area contributed by atoms with Crippen molar-refractivity contribution < 1.29 is 9.18 Å². The molecule has 31 heavy (non-hydrogen) atoms. The Morgan fingerprint density at radius 2 is 1.97 bits per heavy atom. The molecule has 1 saturated carbocycles. The lowest BCUT2D eigenvalue weighted by molar-refractivity contribution is -0.130. The van der Waals surface area contributed by atoms with Crippen LogP contribution in [0.4, 0.5) is 4.39 Å². The van der Waals surface area contributed by atoms with Crippen LogP contribution in [0, 0.1) is 5.82 Å². The first-order valence-corrected chi connectivity index (χ1v) is 11.8. The Kier molecular flexibility index (Phi) is 5.52. The highest BCUT2D eigenvalue weighted by atomic mass is 32.2. The average Bonchev–Trinajstić information content (AvgIpc) is 3.55. The summed E-state index contributed by atoms with van der Waals surface area (Å²) in [6.07, 6.45) is 3.06. The maximum atomic E-state index is 13.7. The topological polar surface area (TPSA) is 51.0 Å². The Bertz CT molecular complexity index is 1100. The van der Waals surface area contributed by atoms with Gasteiger partial charge in [-0.2, -0.15) is 0 Å². The third-order valence-corrected chi connectivity index (χ3v) is 7.12. The number of halogens is 1. The Hall–Kier alpha value is -2.67. The van der Waals surface area contributed by atoms with Crippen LogP contribution in [0.5, 0.6) is 0 Å². The van der Waals surface area contributed by atoms with E-state index in [9.17, 15) is 9.18 Å². The second kappa shape index (κ2) is 8.46. The molecule has 0 radical (unpaired) electrons. The Morgan fingerprint density at radius 1 is 1.16 bits per heavy atom. The summed E-state index contributed by atoms with van der Waals surface area (Å²) in [5, 5.41) is 9.64. The number of fused-ring (bicyclic) bond motifs is 1. The maximum absolute atomic E-state index is 13.7. The summed E-state index contributed by atoms with van der Waals surface area (Å²) in [6, 6.07) is 15.0. The summed E-state index contributed by atoms with van der Waals surface area (Å²) >= 11 is 1.44. The number of carbonyl (C=O) groups is 1. The summed E-state index contributed by atoms with van der Waals surface area (Å²) < 4.78 is 15.9. The number of thioether (sulfide) groups is 1. The number of nitrogens with zero attached hydrogens (tertiary/aromatic N) is 4. The lowest BCUT2D eigenvalue weighted by atomic mass is 9.93. The highest BCUT2D eigenvalue weighted by Gasteiger charge is 2.31. The smallest absolute Gasteiger partial charge is 0.233 e. The summed E-state index contributed by atoms with van der Waals surface area (Å²) in [5.74, 6) is 1.60. The van der Waals surface area contributed by atoms with E-state index in [1.165, 1.54) is 23.4 Å². The third-order valence-electron chi connectivity index (χ3n) is 6.16. The van der Waals surface area contributed by atoms with Gasteiger partial charge in [0, 0.05) is 12.5 Å². The van der Waals surface area contributed by atoms with Crippen LogP contribution in [0.3, 0.4) is 0 Å². The molecule has 160 valence electrons. The fraction of sp³-hybridized carbons (Fsp3) is 0.375. The van der Waals surface area contributed by atoms with Gasteiger partial charge in [0.15, 0.2) is 5.16 Å². The van der Waals surface area contributed by atoms with Gasteiger partial charge in [0.05, 0.1) is 18.3 Å². The van der Waals surface area contributed by atoms with E-state index < -0.39 is 0 Å². The zero-order chi connectivity index (χ0) is 21.4.